The molecule has 39 heavy (non-hydrogen) atoms. The van der Waals surface area contributed by atoms with Gasteiger partial charge in [0.1, 0.15) is 5.82 Å². The Balaban J connectivity index is 1.49. The zero-order valence-corrected chi connectivity index (χ0v) is 22.5. The third-order valence-corrected chi connectivity index (χ3v) is 6.45. The molecule has 1 aliphatic rings. The first-order valence-corrected chi connectivity index (χ1v) is 13.1. The van der Waals surface area contributed by atoms with Gasteiger partial charge in [-0.2, -0.15) is 15.5 Å². The number of benzene rings is 2. The first-order chi connectivity index (χ1) is 19.0. The molecule has 1 aliphatic heterocycles. The number of nitrogens with one attached hydrogen (secondary N) is 3. The molecule has 1 fully saturated rings. The van der Waals surface area contributed by atoms with Crippen molar-refractivity contribution in [2.24, 2.45) is 0 Å². The molecule has 9 nitrogen and oxygen atoms in total. The van der Waals surface area contributed by atoms with Gasteiger partial charge in [-0.25, -0.2) is 4.98 Å². The van der Waals surface area contributed by atoms with Crippen LogP contribution in [0, 0.1) is 36.5 Å². The summed E-state index contributed by atoms with van der Waals surface area (Å²) in [5.41, 5.74) is 6.31. The monoisotopic (exact) mass is 522 g/mol. The minimum Gasteiger partial charge on any atom is -0.379 e. The highest BCUT2D eigenvalue weighted by Gasteiger charge is 2.11. The number of aromatic nitrogens is 2. The van der Waals surface area contributed by atoms with E-state index in [9.17, 15) is 0 Å². The lowest BCUT2D eigenvalue weighted by atomic mass is 10.0. The molecule has 0 unspecified atom stereocenters. The van der Waals surface area contributed by atoms with Crippen LogP contribution in [0.3, 0.4) is 0 Å². The van der Waals surface area contributed by atoms with Crippen molar-refractivity contribution in [1.29, 1.82) is 10.5 Å². The van der Waals surface area contributed by atoms with Gasteiger partial charge in [0.2, 0.25) is 5.95 Å². The van der Waals surface area contributed by atoms with Gasteiger partial charge in [0.05, 0.1) is 36.6 Å². The van der Waals surface area contributed by atoms with Crippen LogP contribution < -0.4 is 16.0 Å². The molecule has 0 aliphatic carbocycles. The zero-order valence-electron chi connectivity index (χ0n) is 22.5. The van der Waals surface area contributed by atoms with Crippen molar-refractivity contribution in [3.05, 3.63) is 76.5 Å². The number of ether oxygens (including phenoxy) is 1. The minimum atomic E-state index is 0.471. The lowest BCUT2D eigenvalue weighted by Gasteiger charge is -2.26. The summed E-state index contributed by atoms with van der Waals surface area (Å²) < 4.78 is 5.43. The molecule has 9 heteroatoms. The molecule has 3 aromatic rings. The minimum absolute atomic E-state index is 0.471. The van der Waals surface area contributed by atoms with E-state index in [4.69, 9.17) is 25.2 Å². The number of nitriles is 2. The van der Waals surface area contributed by atoms with Crippen molar-refractivity contribution in [2.75, 3.05) is 50.0 Å². The van der Waals surface area contributed by atoms with Gasteiger partial charge in [0.25, 0.3) is 0 Å². The number of allylic oxidation sites excluding steroid dienone is 1. The van der Waals surface area contributed by atoms with Crippen LogP contribution in [0.1, 0.15) is 34.4 Å². The van der Waals surface area contributed by atoms with Gasteiger partial charge >= 0.3 is 0 Å². The van der Waals surface area contributed by atoms with Crippen molar-refractivity contribution < 1.29 is 4.74 Å². The van der Waals surface area contributed by atoms with E-state index in [0.29, 0.717) is 23.9 Å². The van der Waals surface area contributed by atoms with Crippen LogP contribution >= 0.6 is 0 Å². The third-order valence-electron chi connectivity index (χ3n) is 6.45. The number of nitrogens with zero attached hydrogens (tertiary/aromatic N) is 5. The number of anilines is 4. The molecule has 0 spiro atoms. The number of rotatable bonds is 11. The SMILES string of the molecule is Cc1cc(/C=C/C#N)cc(C)c1Nc1cc(CNCCCN2CCOCC2)nc(Nc2ccc(C#N)cc2)n1. The van der Waals surface area contributed by atoms with E-state index in [2.05, 4.69) is 26.9 Å². The molecule has 0 saturated carbocycles. The van der Waals surface area contributed by atoms with Crippen LogP contribution in [0.5, 0.6) is 0 Å². The van der Waals surface area contributed by atoms with Crippen LogP contribution in [-0.4, -0.2) is 54.3 Å². The Labute approximate surface area is 230 Å². The summed E-state index contributed by atoms with van der Waals surface area (Å²) in [6, 6.07) is 17.4. The molecule has 200 valence electrons. The van der Waals surface area contributed by atoms with Crippen molar-refractivity contribution in [2.45, 2.75) is 26.8 Å². The fourth-order valence-corrected chi connectivity index (χ4v) is 4.49. The van der Waals surface area contributed by atoms with Gasteiger partial charge in [-0.05, 0) is 92.5 Å². The largest absolute Gasteiger partial charge is 0.379 e. The van der Waals surface area contributed by atoms with Crippen molar-refractivity contribution >= 4 is 29.2 Å². The van der Waals surface area contributed by atoms with E-state index >= 15 is 0 Å². The summed E-state index contributed by atoms with van der Waals surface area (Å²) in [5.74, 6) is 1.15. The standard InChI is InChI=1S/C30H34N8O/c1-22-17-25(5-3-10-31)18-23(2)29(22)36-28-19-27(21-33-11-4-12-38-13-15-39-16-14-38)35-30(37-28)34-26-8-6-24(20-32)7-9-26/h3,5-9,17-19,33H,4,11-16,21H2,1-2H3,(H2,34,35,36,37)/b5-3+. The second-order valence-electron chi connectivity index (χ2n) is 9.48. The fraction of sp³-hybridized carbons (Fsp3) is 0.333. The molecule has 1 saturated heterocycles. The van der Waals surface area contributed by atoms with Gasteiger partial charge in [0.15, 0.2) is 0 Å². The molecular weight excluding hydrogens is 488 g/mol. The van der Waals surface area contributed by atoms with Crippen LogP contribution in [0.2, 0.25) is 0 Å². The zero-order chi connectivity index (χ0) is 27.5. The highest BCUT2D eigenvalue weighted by atomic mass is 16.5. The predicted octanol–water partition coefficient (Wildman–Crippen LogP) is 4.80. The average molecular weight is 523 g/mol. The lowest BCUT2D eigenvalue weighted by molar-refractivity contribution is 0.0374. The predicted molar refractivity (Wildman–Crippen MR) is 154 cm³/mol. The van der Waals surface area contributed by atoms with Crippen molar-refractivity contribution in [3.8, 4) is 12.1 Å². The van der Waals surface area contributed by atoms with Crippen LogP contribution in [0.4, 0.5) is 23.1 Å². The number of hydrogen-bond acceptors (Lipinski definition) is 9. The van der Waals surface area contributed by atoms with Gasteiger partial charge in [0, 0.05) is 43.2 Å². The number of aryl methyl sites for hydroxylation is 2. The first-order valence-electron chi connectivity index (χ1n) is 13.1. The molecule has 2 aromatic carbocycles. The lowest BCUT2D eigenvalue weighted by Crippen LogP contribution is -2.37. The van der Waals surface area contributed by atoms with E-state index in [0.717, 1.165) is 79.6 Å². The molecule has 0 amide bonds. The Morgan fingerprint density at radius 3 is 2.44 bits per heavy atom. The summed E-state index contributed by atoms with van der Waals surface area (Å²) in [4.78, 5) is 11.9. The molecule has 1 aromatic heterocycles. The summed E-state index contributed by atoms with van der Waals surface area (Å²) in [7, 11) is 0. The van der Waals surface area contributed by atoms with Gasteiger partial charge in [-0.1, -0.05) is 0 Å². The molecule has 0 atom stereocenters. The Kier molecular flexibility index (Phi) is 9.98. The fourth-order valence-electron chi connectivity index (χ4n) is 4.49. The van der Waals surface area contributed by atoms with Gasteiger partial charge in [-0.3, -0.25) is 4.90 Å². The summed E-state index contributed by atoms with van der Waals surface area (Å²) in [5, 5.41) is 28.2. The average Bonchev–Trinajstić information content (AvgIpc) is 2.94. The summed E-state index contributed by atoms with van der Waals surface area (Å²) >= 11 is 0. The van der Waals surface area contributed by atoms with Gasteiger partial charge < -0.3 is 20.7 Å². The Morgan fingerprint density at radius 2 is 1.74 bits per heavy atom. The summed E-state index contributed by atoms with van der Waals surface area (Å²) in [6.45, 7) is 10.3. The molecular formula is C30H34N8O. The highest BCUT2D eigenvalue weighted by molar-refractivity contribution is 5.69. The quantitative estimate of drug-likeness (QED) is 0.241. The van der Waals surface area contributed by atoms with Crippen LogP contribution in [0.25, 0.3) is 6.08 Å². The molecule has 0 bridgehead atoms. The second-order valence-corrected chi connectivity index (χ2v) is 9.48. The van der Waals surface area contributed by atoms with Crippen LogP contribution in [0.15, 0.2) is 48.5 Å². The van der Waals surface area contributed by atoms with E-state index in [1.165, 1.54) is 6.08 Å². The molecule has 0 radical (unpaired) electrons. The maximum absolute atomic E-state index is 9.09. The Bertz CT molecular complexity index is 1340. The van der Waals surface area contributed by atoms with Gasteiger partial charge in [-0.15, -0.1) is 0 Å². The van der Waals surface area contributed by atoms with E-state index in [-0.39, 0.29) is 0 Å². The van der Waals surface area contributed by atoms with E-state index in [1.807, 2.05) is 50.2 Å². The number of hydrogen-bond donors (Lipinski definition) is 3. The third kappa shape index (κ3) is 8.36. The van der Waals surface area contributed by atoms with Crippen molar-refractivity contribution in [3.63, 3.8) is 0 Å². The van der Waals surface area contributed by atoms with Crippen LogP contribution in [-0.2, 0) is 11.3 Å². The Morgan fingerprint density at radius 1 is 1.00 bits per heavy atom. The highest BCUT2D eigenvalue weighted by Crippen LogP contribution is 2.27. The molecule has 2 heterocycles. The second kappa shape index (κ2) is 14.0. The normalized spacial score (nSPS) is 13.6. The molecule has 3 N–H and O–H groups in total. The smallest absolute Gasteiger partial charge is 0.229 e. The first kappa shape index (κ1) is 27.7. The van der Waals surface area contributed by atoms with E-state index < -0.39 is 0 Å². The summed E-state index contributed by atoms with van der Waals surface area (Å²) in [6.07, 6.45) is 4.33. The Hall–Kier alpha value is -4.28. The topological polar surface area (TPSA) is 122 Å². The van der Waals surface area contributed by atoms with Crippen molar-refractivity contribution in [1.82, 2.24) is 20.2 Å². The number of morpholine rings is 1. The maximum atomic E-state index is 9.09. The maximum Gasteiger partial charge on any atom is 0.229 e. The van der Waals surface area contributed by atoms with E-state index in [1.54, 1.807) is 18.2 Å². The molecule has 4 rings (SSSR count).